The van der Waals surface area contributed by atoms with Crippen molar-refractivity contribution in [2.45, 2.75) is 6.92 Å². The number of benzene rings is 2. The Labute approximate surface area is 115 Å². The van der Waals surface area contributed by atoms with E-state index in [9.17, 15) is 9.18 Å². The van der Waals surface area contributed by atoms with Gasteiger partial charge in [0.05, 0.1) is 16.3 Å². The molecule has 0 unspecified atom stereocenters. The minimum atomic E-state index is -0.586. The fraction of sp³-hybridized carbons (Fsp3) is 0.0714. The first-order valence-corrected chi connectivity index (χ1v) is 5.97. The monoisotopic (exact) mass is 278 g/mol. The average Bonchev–Trinajstić information content (AvgIpc) is 2.32. The van der Waals surface area contributed by atoms with Gasteiger partial charge < -0.3 is 11.1 Å². The van der Waals surface area contributed by atoms with Gasteiger partial charge in [0.1, 0.15) is 5.82 Å². The third kappa shape index (κ3) is 3.03. The maximum absolute atomic E-state index is 13.6. The molecule has 98 valence electrons. The third-order valence-corrected chi connectivity index (χ3v) is 2.92. The molecule has 0 aromatic heterocycles. The SMILES string of the molecule is Cc1ccc(C(=O)Nc2ccc(N)cc2F)c(Cl)c1. The molecule has 5 heteroatoms. The topological polar surface area (TPSA) is 55.1 Å². The number of anilines is 2. The Morgan fingerprint density at radius 2 is 2.00 bits per heavy atom. The van der Waals surface area contributed by atoms with Crippen LogP contribution in [0.4, 0.5) is 15.8 Å². The van der Waals surface area contributed by atoms with E-state index >= 15 is 0 Å². The van der Waals surface area contributed by atoms with Gasteiger partial charge in [0.2, 0.25) is 0 Å². The van der Waals surface area contributed by atoms with Crippen LogP contribution < -0.4 is 11.1 Å². The molecular formula is C14H12ClFN2O. The average molecular weight is 279 g/mol. The lowest BCUT2D eigenvalue weighted by Crippen LogP contribution is -2.13. The molecule has 0 aliphatic carbocycles. The van der Waals surface area contributed by atoms with Crippen molar-refractivity contribution in [2.75, 3.05) is 11.1 Å². The predicted octanol–water partition coefficient (Wildman–Crippen LogP) is 3.62. The molecule has 0 atom stereocenters. The van der Waals surface area contributed by atoms with Crippen LogP contribution in [0, 0.1) is 12.7 Å². The molecule has 19 heavy (non-hydrogen) atoms. The molecule has 0 heterocycles. The molecule has 0 radical (unpaired) electrons. The number of hydrogen-bond acceptors (Lipinski definition) is 2. The van der Waals surface area contributed by atoms with Crippen LogP contribution in [0.1, 0.15) is 15.9 Å². The van der Waals surface area contributed by atoms with Crippen molar-refractivity contribution in [1.82, 2.24) is 0 Å². The molecule has 0 fully saturated rings. The summed E-state index contributed by atoms with van der Waals surface area (Å²) in [6.07, 6.45) is 0. The lowest BCUT2D eigenvalue weighted by atomic mass is 10.1. The zero-order chi connectivity index (χ0) is 14.0. The highest BCUT2D eigenvalue weighted by molar-refractivity contribution is 6.34. The van der Waals surface area contributed by atoms with Gasteiger partial charge in [-0.05, 0) is 42.8 Å². The van der Waals surface area contributed by atoms with Gasteiger partial charge in [-0.25, -0.2) is 4.39 Å². The molecule has 0 saturated carbocycles. The van der Waals surface area contributed by atoms with Crippen LogP contribution in [-0.4, -0.2) is 5.91 Å². The summed E-state index contributed by atoms with van der Waals surface area (Å²) in [6, 6.07) is 9.10. The summed E-state index contributed by atoms with van der Waals surface area (Å²) >= 11 is 5.98. The van der Waals surface area contributed by atoms with Crippen molar-refractivity contribution in [3.8, 4) is 0 Å². The molecule has 0 saturated heterocycles. The number of carbonyl (C=O) groups is 1. The number of nitrogens with one attached hydrogen (secondary N) is 1. The van der Waals surface area contributed by atoms with E-state index in [0.29, 0.717) is 16.3 Å². The largest absolute Gasteiger partial charge is 0.399 e. The molecule has 0 spiro atoms. The summed E-state index contributed by atoms with van der Waals surface area (Å²) in [5.74, 6) is -1.05. The van der Waals surface area contributed by atoms with Crippen molar-refractivity contribution in [1.29, 1.82) is 0 Å². The third-order valence-electron chi connectivity index (χ3n) is 2.61. The summed E-state index contributed by atoms with van der Waals surface area (Å²) in [5, 5.41) is 2.79. The van der Waals surface area contributed by atoms with Crippen molar-refractivity contribution in [3.63, 3.8) is 0 Å². The Balaban J connectivity index is 2.25. The van der Waals surface area contributed by atoms with E-state index in [0.717, 1.165) is 11.6 Å². The number of amides is 1. The van der Waals surface area contributed by atoms with Gasteiger partial charge in [-0.3, -0.25) is 4.79 Å². The minimum Gasteiger partial charge on any atom is -0.399 e. The molecule has 2 aromatic carbocycles. The van der Waals surface area contributed by atoms with Gasteiger partial charge in [0.25, 0.3) is 5.91 Å². The Bertz CT molecular complexity index is 643. The van der Waals surface area contributed by atoms with Crippen molar-refractivity contribution in [3.05, 3.63) is 58.4 Å². The highest BCUT2D eigenvalue weighted by Gasteiger charge is 2.12. The normalized spacial score (nSPS) is 10.3. The van der Waals surface area contributed by atoms with Crippen LogP contribution in [0.5, 0.6) is 0 Å². The number of carbonyl (C=O) groups excluding carboxylic acids is 1. The number of nitrogen functional groups attached to an aromatic ring is 1. The number of aryl methyl sites for hydroxylation is 1. The fourth-order valence-electron chi connectivity index (χ4n) is 1.63. The van der Waals surface area contributed by atoms with Crippen LogP contribution in [0.3, 0.4) is 0 Å². The Morgan fingerprint density at radius 3 is 2.63 bits per heavy atom. The second-order valence-corrected chi connectivity index (χ2v) is 4.58. The van der Waals surface area contributed by atoms with E-state index in [2.05, 4.69) is 5.32 Å². The summed E-state index contributed by atoms with van der Waals surface area (Å²) < 4.78 is 13.6. The van der Waals surface area contributed by atoms with E-state index < -0.39 is 11.7 Å². The molecule has 2 aromatic rings. The molecule has 0 bridgehead atoms. The summed E-state index contributed by atoms with van der Waals surface area (Å²) in [5.41, 5.74) is 7.04. The molecule has 3 nitrogen and oxygen atoms in total. The predicted molar refractivity (Wildman–Crippen MR) is 75.0 cm³/mol. The van der Waals surface area contributed by atoms with Crippen molar-refractivity contribution >= 4 is 28.9 Å². The second kappa shape index (κ2) is 5.28. The van der Waals surface area contributed by atoms with Crippen LogP contribution in [0.15, 0.2) is 36.4 Å². The summed E-state index contributed by atoms with van der Waals surface area (Å²) in [6.45, 7) is 1.87. The smallest absolute Gasteiger partial charge is 0.257 e. The lowest BCUT2D eigenvalue weighted by molar-refractivity contribution is 0.102. The van der Waals surface area contributed by atoms with E-state index in [1.807, 2.05) is 6.92 Å². The Hall–Kier alpha value is -2.07. The molecule has 3 N–H and O–H groups in total. The van der Waals surface area contributed by atoms with E-state index in [1.165, 1.54) is 12.1 Å². The minimum absolute atomic E-state index is 0.0656. The van der Waals surface area contributed by atoms with Crippen molar-refractivity contribution < 1.29 is 9.18 Å². The number of nitrogens with two attached hydrogens (primary N) is 1. The zero-order valence-corrected chi connectivity index (χ0v) is 11.0. The summed E-state index contributed by atoms with van der Waals surface area (Å²) in [7, 11) is 0. The maximum Gasteiger partial charge on any atom is 0.257 e. The molecular weight excluding hydrogens is 267 g/mol. The second-order valence-electron chi connectivity index (χ2n) is 4.18. The van der Waals surface area contributed by atoms with Gasteiger partial charge in [-0.2, -0.15) is 0 Å². The molecule has 0 aliphatic rings. The standard InChI is InChI=1S/C14H12ClFN2O/c1-8-2-4-10(11(15)6-8)14(19)18-13-5-3-9(17)7-12(13)16/h2-7H,17H2,1H3,(H,18,19). The van der Waals surface area contributed by atoms with E-state index in [-0.39, 0.29) is 5.69 Å². The van der Waals surface area contributed by atoms with Crippen LogP contribution >= 0.6 is 11.6 Å². The van der Waals surface area contributed by atoms with Gasteiger partial charge in [-0.1, -0.05) is 17.7 Å². The zero-order valence-electron chi connectivity index (χ0n) is 10.2. The first kappa shape index (κ1) is 13.4. The van der Waals surface area contributed by atoms with Crippen LogP contribution in [-0.2, 0) is 0 Å². The van der Waals surface area contributed by atoms with Gasteiger partial charge >= 0.3 is 0 Å². The van der Waals surface area contributed by atoms with E-state index in [4.69, 9.17) is 17.3 Å². The van der Waals surface area contributed by atoms with Gasteiger partial charge in [-0.15, -0.1) is 0 Å². The molecule has 0 aliphatic heterocycles. The number of rotatable bonds is 2. The van der Waals surface area contributed by atoms with Gasteiger partial charge in [0.15, 0.2) is 0 Å². The lowest BCUT2D eigenvalue weighted by Gasteiger charge is -2.08. The van der Waals surface area contributed by atoms with E-state index in [1.54, 1.807) is 18.2 Å². The van der Waals surface area contributed by atoms with Crippen molar-refractivity contribution in [2.24, 2.45) is 0 Å². The molecule has 2 rings (SSSR count). The quantitative estimate of drug-likeness (QED) is 0.824. The Morgan fingerprint density at radius 1 is 1.26 bits per heavy atom. The number of hydrogen-bond donors (Lipinski definition) is 2. The maximum atomic E-state index is 13.6. The van der Waals surface area contributed by atoms with Crippen LogP contribution in [0.25, 0.3) is 0 Å². The highest BCUT2D eigenvalue weighted by Crippen LogP contribution is 2.21. The first-order chi connectivity index (χ1) is 8.97. The number of halogens is 2. The summed E-state index contributed by atoms with van der Waals surface area (Å²) in [4.78, 5) is 12.0. The van der Waals surface area contributed by atoms with Gasteiger partial charge in [0, 0.05) is 5.69 Å². The fourth-order valence-corrected chi connectivity index (χ4v) is 1.95. The van der Waals surface area contributed by atoms with Crippen LogP contribution in [0.2, 0.25) is 5.02 Å². The highest BCUT2D eigenvalue weighted by atomic mass is 35.5. The molecule has 1 amide bonds. The Kier molecular flexibility index (Phi) is 3.71. The first-order valence-electron chi connectivity index (χ1n) is 5.60.